The van der Waals surface area contributed by atoms with E-state index in [1.807, 2.05) is 0 Å². The molecule has 0 radical (unpaired) electrons. The maximum atomic E-state index is 9.40. The van der Waals surface area contributed by atoms with E-state index in [1.54, 1.807) is 0 Å². The first-order valence-electron chi connectivity index (χ1n) is 2.74. The van der Waals surface area contributed by atoms with Gasteiger partial charge in [-0.2, -0.15) is 0 Å². The summed E-state index contributed by atoms with van der Waals surface area (Å²) in [6, 6.07) is 0. The maximum Gasteiger partial charge on any atom is 0.263 e. The number of carboxylic acids is 1. The minimum Gasteiger partial charge on any atom is -0.0944 e. The molecule has 0 aromatic carbocycles. The van der Waals surface area contributed by atoms with Gasteiger partial charge >= 0.3 is 47.5 Å². The van der Waals surface area contributed by atoms with Gasteiger partial charge in [0.25, 0.3) is 5.11 Å². The molecule has 54 valence electrons. The Kier molecular flexibility index (Phi) is 6.33. The summed E-state index contributed by atoms with van der Waals surface area (Å²) in [4.78, 5) is 9.40. The van der Waals surface area contributed by atoms with E-state index in [4.69, 9.17) is 5.11 Å². The van der Waals surface area contributed by atoms with E-state index < -0.39 is 5.97 Å². The van der Waals surface area contributed by atoms with Gasteiger partial charge in [-0.05, 0) is 22.7 Å². The van der Waals surface area contributed by atoms with Crippen molar-refractivity contribution in [1.29, 1.82) is 0 Å². The van der Waals surface area contributed by atoms with Crippen LogP contribution in [0.15, 0.2) is 20.7 Å². The van der Waals surface area contributed by atoms with Crippen LogP contribution >= 0.6 is 12.2 Å². The molecule has 0 amide bonds. The third-order valence-electron chi connectivity index (χ3n) is 0.603. The summed E-state index contributed by atoms with van der Waals surface area (Å²) in [6.07, 6.45) is 0. The van der Waals surface area contributed by atoms with Crippen LogP contribution in [0.1, 0.15) is 0 Å². The maximum absolute atomic E-state index is 9.40. The number of thiocarbonyl (C=S) groups is 1. The van der Waals surface area contributed by atoms with E-state index in [0.717, 1.165) is 27.9 Å². The summed E-state index contributed by atoms with van der Waals surface area (Å²) in [6.45, 7) is 0. The van der Waals surface area contributed by atoms with E-state index in [2.05, 4.69) is 32.9 Å². The van der Waals surface area contributed by atoms with E-state index in [0.29, 0.717) is 3.67 Å². The van der Waals surface area contributed by atoms with Crippen molar-refractivity contribution < 1.29 is 9.90 Å². The van der Waals surface area contributed by atoms with Crippen molar-refractivity contribution in [1.82, 2.24) is 0 Å². The topological polar surface area (TPSA) is 86.7 Å². The van der Waals surface area contributed by atoms with Crippen LogP contribution in [-0.4, -0.2) is 44.1 Å². The Balaban J connectivity index is 0.000000187. The number of rotatable bonds is 1. The van der Waals surface area contributed by atoms with Gasteiger partial charge in [-0.1, -0.05) is 10.2 Å². The monoisotopic (exact) mass is 182 g/mol. The number of nitrogens with zero attached hydrogens (tertiary/aromatic N) is 4. The zero-order valence-electron chi connectivity index (χ0n) is 5.76. The molecule has 1 aliphatic rings. The number of hydrogen-bond donors (Lipinski definition) is 1. The third kappa shape index (κ3) is 7.66. The second-order valence-corrected chi connectivity index (χ2v) is 2.48. The van der Waals surface area contributed by atoms with Crippen molar-refractivity contribution in [3.63, 3.8) is 0 Å². The fourth-order valence-corrected chi connectivity index (χ4v) is 0.210. The van der Waals surface area contributed by atoms with Crippen LogP contribution in [0.25, 0.3) is 0 Å². The molecule has 0 saturated heterocycles. The summed E-state index contributed by atoms with van der Waals surface area (Å²) in [5, 5.41) is 20.7. The Morgan fingerprint density at radius 3 is 2.00 bits per heavy atom. The van der Waals surface area contributed by atoms with E-state index in [1.165, 1.54) is 0 Å². The average molecular weight is 182 g/mol. The molecule has 1 rings (SSSR count). The molecule has 0 spiro atoms. The fraction of sp³-hybridized carbons (Fsp3) is 0.333. The summed E-state index contributed by atoms with van der Waals surface area (Å²) < 4.78 is 0.361. The number of carbonyl (C=O) groups is 1. The standard InChI is InChI=1S/C2H3O2.CN4S.Na/c1-2(3)4;6-1-2-4-5-3-1;/h1H2,(H,3,4);;. The van der Waals surface area contributed by atoms with Gasteiger partial charge in [-0.25, -0.2) is 0 Å². The SMILES string of the molecule is O=C(O)[CH2][Na].S=C1N=NN=N1. The minimum atomic E-state index is -0.684. The van der Waals surface area contributed by atoms with Gasteiger partial charge in [0, 0.05) is 0 Å². The van der Waals surface area contributed by atoms with Crippen molar-refractivity contribution in [3.8, 4) is 0 Å². The summed E-state index contributed by atoms with van der Waals surface area (Å²) >= 11 is 5.17. The molecule has 8 heteroatoms. The molecule has 0 aromatic rings. The predicted molar refractivity (Wildman–Crippen MR) is 40.5 cm³/mol. The van der Waals surface area contributed by atoms with Gasteiger partial charge in [-0.15, -0.1) is 0 Å². The molecule has 11 heavy (non-hydrogen) atoms. The second kappa shape index (κ2) is 6.47. The smallest absolute Gasteiger partial charge is 0.0944 e. The van der Waals surface area contributed by atoms with Crippen LogP contribution in [0.3, 0.4) is 0 Å². The molecule has 0 aliphatic carbocycles. The van der Waals surface area contributed by atoms with Crippen LogP contribution in [0.5, 0.6) is 0 Å². The third-order valence-corrected chi connectivity index (χ3v) is 1.37. The molecule has 0 fully saturated rings. The van der Waals surface area contributed by atoms with Crippen molar-refractivity contribution >= 4 is 51.2 Å². The molecule has 0 atom stereocenters. The molecular weight excluding hydrogens is 179 g/mol. The van der Waals surface area contributed by atoms with Crippen molar-refractivity contribution in [2.75, 3.05) is 0 Å². The molecule has 1 aliphatic heterocycles. The summed E-state index contributed by atoms with van der Waals surface area (Å²) in [7, 11) is 0. The fourth-order valence-electron chi connectivity index (χ4n) is 0.137. The zero-order chi connectivity index (χ0) is 8.69. The number of carboxylic acid groups (broad SMARTS) is 1. The van der Waals surface area contributed by atoms with Gasteiger partial charge in [0.15, 0.2) is 0 Å². The van der Waals surface area contributed by atoms with Crippen LogP contribution in [0, 0.1) is 0 Å². The van der Waals surface area contributed by atoms with Gasteiger partial charge in [0.05, 0.1) is 0 Å². The first-order valence-corrected chi connectivity index (χ1v) is 4.56. The van der Waals surface area contributed by atoms with Gasteiger partial charge in [0.2, 0.25) is 0 Å². The summed E-state index contributed by atoms with van der Waals surface area (Å²) in [5.41, 5.74) is 0. The van der Waals surface area contributed by atoms with Crippen LogP contribution in [-0.2, 0) is 4.79 Å². The first kappa shape index (κ1) is 10.8. The van der Waals surface area contributed by atoms with Crippen molar-refractivity contribution in [2.24, 2.45) is 20.7 Å². The average Bonchev–Trinajstić information content (AvgIpc) is 2.41. The molecule has 0 aromatic heterocycles. The van der Waals surface area contributed by atoms with Crippen LogP contribution in [0.2, 0.25) is 3.67 Å². The van der Waals surface area contributed by atoms with E-state index >= 15 is 0 Å². The molecule has 1 heterocycles. The quantitative estimate of drug-likeness (QED) is 0.479. The molecular formula is C3H3N4NaO2S. The molecule has 1 N–H and O–H groups in total. The molecule has 6 nitrogen and oxygen atoms in total. The van der Waals surface area contributed by atoms with Gasteiger partial charge in [-0.3, -0.25) is 0 Å². The normalized spacial score (nSPS) is 12.7. The van der Waals surface area contributed by atoms with E-state index in [-0.39, 0.29) is 5.11 Å². The van der Waals surface area contributed by atoms with Gasteiger partial charge < -0.3 is 0 Å². The van der Waals surface area contributed by atoms with E-state index in [9.17, 15) is 4.79 Å². The van der Waals surface area contributed by atoms with Crippen LogP contribution < -0.4 is 0 Å². The molecule has 0 bridgehead atoms. The number of hydrogen-bond acceptors (Lipinski definition) is 4. The Morgan fingerprint density at radius 2 is 1.91 bits per heavy atom. The number of aliphatic carboxylic acids is 1. The second-order valence-electron chi connectivity index (χ2n) is 1.41. The molecule has 0 saturated carbocycles. The minimum absolute atomic E-state index is 0.204. The van der Waals surface area contributed by atoms with Crippen LogP contribution in [0.4, 0.5) is 0 Å². The zero-order valence-corrected chi connectivity index (χ0v) is 8.58. The largest absolute Gasteiger partial charge is 0.263 e. The Hall–Kier alpha value is -0.240. The predicted octanol–water partition coefficient (Wildman–Crippen LogP) is 0.762. The van der Waals surface area contributed by atoms with Crippen molar-refractivity contribution in [2.45, 2.75) is 3.67 Å². The van der Waals surface area contributed by atoms with Crippen molar-refractivity contribution in [3.05, 3.63) is 0 Å². The Bertz CT molecular complexity index is 201. The first-order chi connectivity index (χ1) is 5.16. The summed E-state index contributed by atoms with van der Waals surface area (Å²) in [5.74, 6) is -0.684. The Labute approximate surface area is 85.2 Å². The molecule has 0 unspecified atom stereocenters. The Morgan fingerprint density at radius 1 is 1.55 bits per heavy atom. The van der Waals surface area contributed by atoms with Gasteiger partial charge in [0.1, 0.15) is 0 Å².